The fourth-order valence-electron chi connectivity index (χ4n) is 2.04. The molecule has 0 aliphatic rings. The van der Waals surface area contributed by atoms with Gasteiger partial charge in [-0.1, -0.05) is 0 Å². The topological polar surface area (TPSA) is 63.0 Å². The predicted molar refractivity (Wildman–Crippen MR) is 73.6 cm³/mol. The first-order valence-corrected chi connectivity index (χ1v) is 6.39. The minimum atomic E-state index is -0.526. The number of hydrogen-bond acceptors (Lipinski definition) is 4. The summed E-state index contributed by atoms with van der Waals surface area (Å²) in [6, 6.07) is 3.81. The van der Waals surface area contributed by atoms with Crippen molar-refractivity contribution >= 4 is 0 Å². The van der Waals surface area contributed by atoms with Gasteiger partial charge in [0.05, 0.1) is 12.3 Å². The van der Waals surface area contributed by atoms with Crippen molar-refractivity contribution in [2.24, 2.45) is 7.05 Å². The average Bonchev–Trinajstić information content (AvgIpc) is 2.77. The molecule has 5 heteroatoms. The van der Waals surface area contributed by atoms with E-state index >= 15 is 0 Å². The third-order valence-electron chi connectivity index (χ3n) is 3.45. The molecule has 2 rings (SSSR count). The smallest absolute Gasteiger partial charge is 0.0915 e. The third-order valence-corrected chi connectivity index (χ3v) is 3.45. The van der Waals surface area contributed by atoms with Crippen molar-refractivity contribution in [3.05, 3.63) is 47.5 Å². The normalized spacial score (nSPS) is 14.3. The Morgan fingerprint density at radius 3 is 2.63 bits per heavy atom. The molecule has 0 saturated carbocycles. The van der Waals surface area contributed by atoms with E-state index in [1.165, 1.54) is 0 Å². The molecule has 2 aromatic heterocycles. The molecule has 102 valence electrons. The summed E-state index contributed by atoms with van der Waals surface area (Å²) in [7, 11) is 1.93. The van der Waals surface area contributed by atoms with Gasteiger partial charge in [0.15, 0.2) is 0 Å². The Morgan fingerprint density at radius 2 is 2.05 bits per heavy atom. The van der Waals surface area contributed by atoms with E-state index in [1.54, 1.807) is 12.4 Å². The van der Waals surface area contributed by atoms with Crippen LogP contribution in [0, 0.1) is 6.92 Å². The van der Waals surface area contributed by atoms with E-state index in [0.717, 1.165) is 16.8 Å². The second-order valence-electron chi connectivity index (χ2n) is 4.74. The SMILES string of the molecule is Cc1c(C(C)NCC(O)c2ccncc2)cnn1C. The molecule has 0 aliphatic carbocycles. The maximum Gasteiger partial charge on any atom is 0.0915 e. The fourth-order valence-corrected chi connectivity index (χ4v) is 2.04. The minimum Gasteiger partial charge on any atom is -0.387 e. The first kappa shape index (κ1) is 13.7. The van der Waals surface area contributed by atoms with Crippen LogP contribution < -0.4 is 5.32 Å². The molecule has 2 aromatic rings. The number of rotatable bonds is 5. The zero-order chi connectivity index (χ0) is 13.8. The molecule has 0 amide bonds. The summed E-state index contributed by atoms with van der Waals surface area (Å²) in [5.41, 5.74) is 3.17. The van der Waals surface area contributed by atoms with Crippen molar-refractivity contribution in [2.45, 2.75) is 26.0 Å². The highest BCUT2D eigenvalue weighted by Gasteiger charge is 2.14. The molecule has 2 N–H and O–H groups in total. The Balaban J connectivity index is 1.94. The Morgan fingerprint density at radius 1 is 1.37 bits per heavy atom. The van der Waals surface area contributed by atoms with Gasteiger partial charge in [0.2, 0.25) is 0 Å². The zero-order valence-electron chi connectivity index (χ0n) is 11.5. The average molecular weight is 260 g/mol. The second-order valence-corrected chi connectivity index (χ2v) is 4.74. The van der Waals surface area contributed by atoms with Gasteiger partial charge in [-0.3, -0.25) is 9.67 Å². The largest absolute Gasteiger partial charge is 0.387 e. The van der Waals surface area contributed by atoms with E-state index in [0.29, 0.717) is 6.54 Å². The van der Waals surface area contributed by atoms with Crippen LogP contribution in [-0.4, -0.2) is 26.4 Å². The molecule has 0 radical (unpaired) electrons. The van der Waals surface area contributed by atoms with Gasteiger partial charge < -0.3 is 10.4 Å². The number of pyridine rings is 1. The maximum absolute atomic E-state index is 10.1. The Kier molecular flexibility index (Phi) is 4.29. The number of aliphatic hydroxyl groups is 1. The van der Waals surface area contributed by atoms with Crippen LogP contribution in [0.25, 0.3) is 0 Å². The lowest BCUT2D eigenvalue weighted by atomic mass is 10.1. The van der Waals surface area contributed by atoms with E-state index in [2.05, 4.69) is 22.3 Å². The molecular formula is C14H20N4O. The number of aryl methyl sites for hydroxylation is 1. The predicted octanol–water partition coefficient (Wildman–Crippen LogP) is 1.51. The van der Waals surface area contributed by atoms with Crippen LogP contribution in [0.5, 0.6) is 0 Å². The summed E-state index contributed by atoms with van der Waals surface area (Å²) in [5.74, 6) is 0. The number of aromatic nitrogens is 3. The van der Waals surface area contributed by atoms with Crippen molar-refractivity contribution in [3.8, 4) is 0 Å². The van der Waals surface area contributed by atoms with E-state index in [1.807, 2.05) is 37.0 Å². The first-order valence-electron chi connectivity index (χ1n) is 6.39. The fraction of sp³-hybridized carbons (Fsp3) is 0.429. The summed E-state index contributed by atoms with van der Waals surface area (Å²) in [6.45, 7) is 4.61. The van der Waals surface area contributed by atoms with Crippen LogP contribution in [0.4, 0.5) is 0 Å². The Hall–Kier alpha value is -1.72. The molecule has 0 saturated heterocycles. The highest BCUT2D eigenvalue weighted by Crippen LogP contribution is 2.17. The summed E-state index contributed by atoms with van der Waals surface area (Å²) in [4.78, 5) is 3.94. The van der Waals surface area contributed by atoms with E-state index in [-0.39, 0.29) is 6.04 Å². The van der Waals surface area contributed by atoms with Crippen LogP contribution in [0.3, 0.4) is 0 Å². The first-order chi connectivity index (χ1) is 9.09. The molecule has 0 bridgehead atoms. The van der Waals surface area contributed by atoms with Crippen LogP contribution in [0.15, 0.2) is 30.7 Å². The van der Waals surface area contributed by atoms with Gasteiger partial charge in [-0.15, -0.1) is 0 Å². The van der Waals surface area contributed by atoms with Crippen molar-refractivity contribution in [1.82, 2.24) is 20.1 Å². The van der Waals surface area contributed by atoms with Crippen LogP contribution >= 0.6 is 0 Å². The molecule has 0 fully saturated rings. The maximum atomic E-state index is 10.1. The molecule has 0 spiro atoms. The van der Waals surface area contributed by atoms with Crippen LogP contribution in [-0.2, 0) is 7.05 Å². The summed E-state index contributed by atoms with van der Waals surface area (Å²) in [5, 5.41) is 17.6. The number of nitrogens with one attached hydrogen (secondary N) is 1. The molecule has 2 heterocycles. The van der Waals surface area contributed by atoms with E-state index < -0.39 is 6.10 Å². The molecule has 0 aliphatic heterocycles. The quantitative estimate of drug-likeness (QED) is 0.855. The number of aliphatic hydroxyl groups excluding tert-OH is 1. The molecule has 19 heavy (non-hydrogen) atoms. The number of hydrogen-bond donors (Lipinski definition) is 2. The van der Waals surface area contributed by atoms with Crippen LogP contribution in [0.2, 0.25) is 0 Å². The monoisotopic (exact) mass is 260 g/mol. The summed E-state index contributed by atoms with van der Waals surface area (Å²) < 4.78 is 1.85. The van der Waals surface area contributed by atoms with E-state index in [4.69, 9.17) is 0 Å². The highest BCUT2D eigenvalue weighted by atomic mass is 16.3. The van der Waals surface area contributed by atoms with Crippen molar-refractivity contribution < 1.29 is 5.11 Å². The van der Waals surface area contributed by atoms with Crippen molar-refractivity contribution in [3.63, 3.8) is 0 Å². The molecule has 2 atom stereocenters. The second kappa shape index (κ2) is 5.95. The van der Waals surface area contributed by atoms with Gasteiger partial charge in [-0.05, 0) is 31.5 Å². The molecule has 2 unspecified atom stereocenters. The molecule has 5 nitrogen and oxygen atoms in total. The number of nitrogens with zero attached hydrogens (tertiary/aromatic N) is 3. The molecular weight excluding hydrogens is 240 g/mol. The van der Waals surface area contributed by atoms with Crippen molar-refractivity contribution in [2.75, 3.05) is 6.54 Å². The van der Waals surface area contributed by atoms with Gasteiger partial charge in [0, 0.05) is 43.3 Å². The summed E-state index contributed by atoms with van der Waals surface area (Å²) in [6.07, 6.45) is 4.72. The zero-order valence-corrected chi connectivity index (χ0v) is 11.5. The van der Waals surface area contributed by atoms with Crippen LogP contribution in [0.1, 0.15) is 35.9 Å². The third kappa shape index (κ3) is 3.19. The summed E-state index contributed by atoms with van der Waals surface area (Å²) >= 11 is 0. The van der Waals surface area contributed by atoms with Gasteiger partial charge in [0.1, 0.15) is 0 Å². The van der Waals surface area contributed by atoms with Gasteiger partial charge in [-0.25, -0.2) is 0 Å². The van der Waals surface area contributed by atoms with Gasteiger partial charge in [0.25, 0.3) is 0 Å². The van der Waals surface area contributed by atoms with Crippen molar-refractivity contribution in [1.29, 1.82) is 0 Å². The minimum absolute atomic E-state index is 0.158. The molecule has 0 aromatic carbocycles. The Bertz CT molecular complexity index is 523. The lowest BCUT2D eigenvalue weighted by molar-refractivity contribution is 0.170. The van der Waals surface area contributed by atoms with E-state index in [9.17, 15) is 5.11 Å². The van der Waals surface area contributed by atoms with Gasteiger partial charge >= 0.3 is 0 Å². The van der Waals surface area contributed by atoms with Gasteiger partial charge in [-0.2, -0.15) is 5.10 Å². The lowest BCUT2D eigenvalue weighted by Crippen LogP contribution is -2.25. The highest BCUT2D eigenvalue weighted by molar-refractivity contribution is 5.20. The lowest BCUT2D eigenvalue weighted by Gasteiger charge is -2.17. The Labute approximate surface area is 113 Å². The standard InChI is InChI=1S/C14H20N4O/c1-10(13-8-17-18(3)11(13)2)16-9-14(19)12-4-6-15-7-5-12/h4-8,10,14,16,19H,9H2,1-3H3.